The first-order chi connectivity index (χ1) is 7.52. The third-order valence-corrected chi connectivity index (χ3v) is 2.67. The summed E-state index contributed by atoms with van der Waals surface area (Å²) in [4.78, 5) is 1.48. The lowest BCUT2D eigenvalue weighted by atomic mass is 10.1. The molecule has 0 aliphatic heterocycles. The minimum atomic E-state index is -0.925. The number of nitrogens with two attached hydrogens (primary N) is 1. The number of aliphatic hydroxyl groups excluding tert-OH is 1. The number of hydrogen-bond donors (Lipinski definition) is 2. The molecule has 16 heavy (non-hydrogen) atoms. The van der Waals surface area contributed by atoms with E-state index in [-0.39, 0.29) is 30.4 Å². The zero-order chi connectivity index (χ0) is 12.3. The summed E-state index contributed by atoms with van der Waals surface area (Å²) in [5.41, 5.74) is 5.54. The molecule has 1 aromatic carbocycles. The highest BCUT2D eigenvalue weighted by Gasteiger charge is 2.18. The van der Waals surface area contributed by atoms with E-state index in [9.17, 15) is 8.78 Å². The van der Waals surface area contributed by atoms with Crippen LogP contribution in [0.3, 0.4) is 0 Å². The van der Waals surface area contributed by atoms with Gasteiger partial charge in [-0.15, -0.1) is 0 Å². The van der Waals surface area contributed by atoms with Gasteiger partial charge in [-0.3, -0.25) is 0 Å². The molecule has 0 saturated heterocycles. The fourth-order valence-electron chi connectivity index (χ4n) is 1.37. The second-order valence-corrected chi connectivity index (χ2v) is 3.72. The maximum absolute atomic E-state index is 13.6. The summed E-state index contributed by atoms with van der Waals surface area (Å²) >= 11 is 0. The van der Waals surface area contributed by atoms with E-state index < -0.39 is 11.6 Å². The van der Waals surface area contributed by atoms with E-state index in [4.69, 9.17) is 10.8 Å². The van der Waals surface area contributed by atoms with E-state index in [0.717, 1.165) is 0 Å². The van der Waals surface area contributed by atoms with E-state index in [2.05, 4.69) is 0 Å². The van der Waals surface area contributed by atoms with Crippen molar-refractivity contribution in [3.05, 3.63) is 29.3 Å². The van der Waals surface area contributed by atoms with Crippen molar-refractivity contribution in [1.29, 1.82) is 0 Å². The van der Waals surface area contributed by atoms with Crippen molar-refractivity contribution in [2.75, 3.05) is 18.6 Å². The summed E-state index contributed by atoms with van der Waals surface area (Å²) in [6.07, 6.45) is 0. The van der Waals surface area contributed by atoms with Gasteiger partial charge in [0.2, 0.25) is 0 Å². The van der Waals surface area contributed by atoms with E-state index in [1.165, 1.54) is 17.0 Å². The van der Waals surface area contributed by atoms with Crippen LogP contribution in [0.5, 0.6) is 0 Å². The molecule has 1 rings (SSSR count). The molecular formula is C11H16F2N2O. The van der Waals surface area contributed by atoms with Crippen molar-refractivity contribution in [2.45, 2.75) is 19.5 Å². The second-order valence-electron chi connectivity index (χ2n) is 3.72. The summed E-state index contributed by atoms with van der Waals surface area (Å²) < 4.78 is 27.1. The summed E-state index contributed by atoms with van der Waals surface area (Å²) in [5.74, 6) is -1.84. The normalized spacial score (nSPS) is 12.6. The number of nitrogens with zero attached hydrogens (tertiary/aromatic N) is 1. The average molecular weight is 230 g/mol. The molecule has 0 fully saturated rings. The van der Waals surface area contributed by atoms with Crippen LogP contribution in [0.2, 0.25) is 0 Å². The first kappa shape index (κ1) is 12.9. The highest BCUT2D eigenvalue weighted by Crippen LogP contribution is 2.24. The molecule has 0 amide bonds. The smallest absolute Gasteiger partial charge is 0.182 e. The Hall–Kier alpha value is -1.20. The minimum Gasteiger partial charge on any atom is -0.394 e. The Balaban J connectivity index is 3.11. The van der Waals surface area contributed by atoms with E-state index in [1.807, 2.05) is 0 Å². The number of anilines is 1. The van der Waals surface area contributed by atoms with E-state index in [1.54, 1.807) is 14.0 Å². The van der Waals surface area contributed by atoms with Crippen molar-refractivity contribution < 1.29 is 13.9 Å². The topological polar surface area (TPSA) is 49.5 Å². The molecule has 3 N–H and O–H groups in total. The predicted octanol–water partition coefficient (Wildman–Crippen LogP) is 1.24. The number of likely N-dealkylation sites (N-methyl/N-ethyl adjacent to an activating group) is 1. The van der Waals surface area contributed by atoms with Crippen LogP contribution in [0.15, 0.2) is 12.1 Å². The van der Waals surface area contributed by atoms with Crippen molar-refractivity contribution in [2.24, 2.45) is 5.73 Å². The Bertz CT molecular complexity index is 371. The first-order valence-electron chi connectivity index (χ1n) is 5.03. The molecule has 0 aromatic heterocycles. The van der Waals surface area contributed by atoms with Crippen molar-refractivity contribution >= 4 is 5.69 Å². The van der Waals surface area contributed by atoms with Crippen molar-refractivity contribution in [1.82, 2.24) is 0 Å². The zero-order valence-electron chi connectivity index (χ0n) is 9.37. The molecular weight excluding hydrogens is 214 g/mol. The van der Waals surface area contributed by atoms with Gasteiger partial charge in [0.25, 0.3) is 0 Å². The number of hydrogen-bond acceptors (Lipinski definition) is 3. The maximum Gasteiger partial charge on any atom is 0.182 e. The van der Waals surface area contributed by atoms with Crippen molar-refractivity contribution in [3.63, 3.8) is 0 Å². The molecule has 5 heteroatoms. The zero-order valence-corrected chi connectivity index (χ0v) is 9.37. The standard InChI is InChI=1S/C11H16F2N2O/c1-7(6-16)15(2)9-4-3-8(5-14)10(12)11(9)13/h3-4,7,16H,5-6,14H2,1-2H3. The van der Waals surface area contributed by atoms with Crippen LogP contribution in [0.1, 0.15) is 12.5 Å². The lowest BCUT2D eigenvalue weighted by Gasteiger charge is -2.26. The molecule has 0 radical (unpaired) electrons. The Kier molecular flexibility index (Phi) is 4.20. The molecule has 1 aromatic rings. The molecule has 0 aliphatic carbocycles. The van der Waals surface area contributed by atoms with Crippen LogP contribution in [-0.2, 0) is 6.54 Å². The van der Waals surface area contributed by atoms with E-state index in [0.29, 0.717) is 0 Å². The molecule has 1 unspecified atom stereocenters. The largest absolute Gasteiger partial charge is 0.394 e. The van der Waals surface area contributed by atoms with Crippen LogP contribution in [0.25, 0.3) is 0 Å². The van der Waals surface area contributed by atoms with Gasteiger partial charge in [-0.1, -0.05) is 6.07 Å². The van der Waals surface area contributed by atoms with Crippen LogP contribution in [-0.4, -0.2) is 24.8 Å². The molecule has 0 saturated carbocycles. The van der Waals surface area contributed by atoms with Crippen LogP contribution < -0.4 is 10.6 Å². The molecule has 0 spiro atoms. The van der Waals surface area contributed by atoms with Gasteiger partial charge in [0.05, 0.1) is 12.3 Å². The van der Waals surface area contributed by atoms with Gasteiger partial charge in [0, 0.05) is 25.2 Å². The molecule has 0 bridgehead atoms. The average Bonchev–Trinajstić information content (AvgIpc) is 2.30. The maximum atomic E-state index is 13.6. The van der Waals surface area contributed by atoms with Crippen LogP contribution in [0, 0.1) is 11.6 Å². The summed E-state index contributed by atoms with van der Waals surface area (Å²) in [6, 6.07) is 2.64. The van der Waals surface area contributed by atoms with Gasteiger partial charge >= 0.3 is 0 Å². The van der Waals surface area contributed by atoms with Gasteiger partial charge < -0.3 is 15.7 Å². The van der Waals surface area contributed by atoms with Gasteiger partial charge in [-0.25, -0.2) is 8.78 Å². The Morgan fingerprint density at radius 1 is 1.38 bits per heavy atom. The lowest BCUT2D eigenvalue weighted by Crippen LogP contribution is -2.32. The fourth-order valence-corrected chi connectivity index (χ4v) is 1.37. The molecule has 90 valence electrons. The van der Waals surface area contributed by atoms with E-state index >= 15 is 0 Å². The third kappa shape index (κ3) is 2.31. The summed E-state index contributed by atoms with van der Waals surface area (Å²) in [5, 5.41) is 8.95. The van der Waals surface area contributed by atoms with Gasteiger partial charge in [0.15, 0.2) is 11.6 Å². The summed E-state index contributed by atoms with van der Waals surface area (Å²) in [6.45, 7) is 1.55. The lowest BCUT2D eigenvalue weighted by molar-refractivity contribution is 0.269. The van der Waals surface area contributed by atoms with Crippen LogP contribution >= 0.6 is 0 Å². The molecule has 0 heterocycles. The molecule has 0 aliphatic rings. The SMILES string of the molecule is CC(CO)N(C)c1ccc(CN)c(F)c1F. The Morgan fingerprint density at radius 2 is 2.00 bits per heavy atom. The van der Waals surface area contributed by atoms with Gasteiger partial charge in [0.1, 0.15) is 0 Å². The highest BCUT2D eigenvalue weighted by molar-refractivity contribution is 5.50. The first-order valence-corrected chi connectivity index (χ1v) is 5.03. The molecule has 3 nitrogen and oxygen atoms in total. The number of aliphatic hydroxyl groups is 1. The highest BCUT2D eigenvalue weighted by atomic mass is 19.2. The van der Waals surface area contributed by atoms with Gasteiger partial charge in [-0.2, -0.15) is 0 Å². The third-order valence-electron chi connectivity index (χ3n) is 2.67. The number of rotatable bonds is 4. The second kappa shape index (κ2) is 5.23. The summed E-state index contributed by atoms with van der Waals surface area (Å²) in [7, 11) is 1.60. The molecule has 1 atom stereocenters. The van der Waals surface area contributed by atoms with Crippen molar-refractivity contribution in [3.8, 4) is 0 Å². The Labute approximate surface area is 93.5 Å². The monoisotopic (exact) mass is 230 g/mol. The number of benzene rings is 1. The predicted molar refractivity (Wildman–Crippen MR) is 59.2 cm³/mol. The fraction of sp³-hybridized carbons (Fsp3) is 0.455. The number of halogens is 2. The quantitative estimate of drug-likeness (QED) is 0.818. The van der Waals surface area contributed by atoms with Gasteiger partial charge in [-0.05, 0) is 13.0 Å². The minimum absolute atomic E-state index is 0.0394. The Morgan fingerprint density at radius 3 is 2.50 bits per heavy atom. The van der Waals surface area contributed by atoms with Crippen LogP contribution in [0.4, 0.5) is 14.5 Å².